The summed E-state index contributed by atoms with van der Waals surface area (Å²) < 4.78 is 8.22. The van der Waals surface area contributed by atoms with Crippen LogP contribution >= 0.6 is 0 Å². The van der Waals surface area contributed by atoms with Gasteiger partial charge in [0.05, 0.1) is 30.3 Å². The van der Waals surface area contributed by atoms with E-state index < -0.39 is 0 Å². The average Bonchev–Trinajstić information content (AvgIpc) is 3.19. The topological polar surface area (TPSA) is 132 Å². The SMILES string of the molecule is CC(N)=NC(=NC(C)C)c1cn2c(n1)-c1ccc(C(N=CN)=NC3CCN(C(C)(C)C)CC3)cc1OCC2. The van der Waals surface area contributed by atoms with Gasteiger partial charge in [0.15, 0.2) is 11.7 Å². The van der Waals surface area contributed by atoms with Gasteiger partial charge in [-0.25, -0.2) is 15.0 Å². The van der Waals surface area contributed by atoms with Crippen molar-refractivity contribution in [1.29, 1.82) is 0 Å². The van der Waals surface area contributed by atoms with Crippen LogP contribution in [0, 0.1) is 0 Å². The van der Waals surface area contributed by atoms with E-state index in [0.717, 1.165) is 48.6 Å². The number of fused-ring (bicyclic) bond motifs is 3. The number of rotatable bonds is 4. The van der Waals surface area contributed by atoms with Crippen molar-refractivity contribution in [3.05, 3.63) is 35.7 Å². The molecule has 3 heterocycles. The molecule has 38 heavy (non-hydrogen) atoms. The molecule has 2 aliphatic heterocycles. The van der Waals surface area contributed by atoms with Gasteiger partial charge >= 0.3 is 0 Å². The van der Waals surface area contributed by atoms with Crippen LogP contribution in [0.25, 0.3) is 11.4 Å². The molecule has 204 valence electrons. The molecule has 0 aliphatic carbocycles. The minimum atomic E-state index is 0.0642. The summed E-state index contributed by atoms with van der Waals surface area (Å²) in [5.41, 5.74) is 14.2. The van der Waals surface area contributed by atoms with Crippen molar-refractivity contribution in [2.24, 2.45) is 31.4 Å². The van der Waals surface area contributed by atoms with E-state index >= 15 is 0 Å². The molecule has 4 N–H and O–H groups in total. The molecule has 0 amide bonds. The lowest BCUT2D eigenvalue weighted by Gasteiger charge is -2.40. The van der Waals surface area contributed by atoms with E-state index in [1.54, 1.807) is 6.92 Å². The van der Waals surface area contributed by atoms with Crippen molar-refractivity contribution in [3.63, 3.8) is 0 Å². The Hall–Kier alpha value is -3.53. The summed E-state index contributed by atoms with van der Waals surface area (Å²) in [5.74, 6) is 3.14. The molecule has 1 aromatic carbocycles. The highest BCUT2D eigenvalue weighted by Gasteiger charge is 2.27. The van der Waals surface area contributed by atoms with E-state index in [0.29, 0.717) is 36.4 Å². The van der Waals surface area contributed by atoms with Crippen LogP contribution in [0.3, 0.4) is 0 Å². The number of likely N-dealkylation sites (tertiary alicyclic amines) is 1. The van der Waals surface area contributed by atoms with Gasteiger partial charge in [0.1, 0.15) is 23.9 Å². The van der Waals surface area contributed by atoms with E-state index in [1.165, 1.54) is 6.34 Å². The van der Waals surface area contributed by atoms with Crippen LogP contribution < -0.4 is 16.2 Å². The smallest absolute Gasteiger partial charge is 0.177 e. The Labute approximate surface area is 225 Å². The van der Waals surface area contributed by atoms with E-state index in [1.807, 2.05) is 38.2 Å². The van der Waals surface area contributed by atoms with Crippen molar-refractivity contribution >= 4 is 23.8 Å². The minimum absolute atomic E-state index is 0.0642. The Morgan fingerprint density at radius 2 is 1.89 bits per heavy atom. The average molecular weight is 520 g/mol. The predicted octanol–water partition coefficient (Wildman–Crippen LogP) is 3.47. The number of aromatic nitrogens is 2. The molecule has 10 heteroatoms. The quantitative estimate of drug-likeness (QED) is 0.472. The van der Waals surface area contributed by atoms with Gasteiger partial charge in [0.2, 0.25) is 0 Å². The number of imidazole rings is 1. The third-order valence-corrected chi connectivity index (χ3v) is 6.65. The summed E-state index contributed by atoms with van der Waals surface area (Å²) in [6.07, 6.45) is 5.26. The van der Waals surface area contributed by atoms with Gasteiger partial charge in [-0.3, -0.25) is 14.9 Å². The molecule has 2 aliphatic rings. The van der Waals surface area contributed by atoms with Crippen LogP contribution in [0.1, 0.15) is 65.6 Å². The molecule has 1 aromatic heterocycles. The normalized spacial score (nSPS) is 18.4. The Kier molecular flexibility index (Phi) is 8.30. The highest BCUT2D eigenvalue weighted by atomic mass is 16.5. The summed E-state index contributed by atoms with van der Waals surface area (Å²) in [6, 6.07) is 6.28. The molecule has 2 aromatic rings. The largest absolute Gasteiger partial charge is 0.491 e. The zero-order chi connectivity index (χ0) is 27.4. The van der Waals surface area contributed by atoms with E-state index in [-0.39, 0.29) is 17.6 Å². The molecule has 0 radical (unpaired) electrons. The summed E-state index contributed by atoms with van der Waals surface area (Å²) in [5, 5.41) is 0. The minimum Gasteiger partial charge on any atom is -0.491 e. The first-order chi connectivity index (χ1) is 18.0. The molecule has 0 bridgehead atoms. The van der Waals surface area contributed by atoms with Crippen LogP contribution in [0.15, 0.2) is 44.4 Å². The van der Waals surface area contributed by atoms with Crippen LogP contribution in [0.4, 0.5) is 0 Å². The van der Waals surface area contributed by atoms with E-state index in [4.69, 9.17) is 26.2 Å². The van der Waals surface area contributed by atoms with Gasteiger partial charge in [-0.1, -0.05) is 6.07 Å². The van der Waals surface area contributed by atoms with Crippen molar-refractivity contribution in [2.45, 2.75) is 78.6 Å². The zero-order valence-electron chi connectivity index (χ0n) is 23.5. The molecule has 1 fully saturated rings. The van der Waals surface area contributed by atoms with E-state index in [2.05, 4.69) is 45.2 Å². The monoisotopic (exact) mass is 519 g/mol. The van der Waals surface area contributed by atoms with Crippen molar-refractivity contribution in [2.75, 3.05) is 19.7 Å². The van der Waals surface area contributed by atoms with Gasteiger partial charge in [-0.15, -0.1) is 0 Å². The van der Waals surface area contributed by atoms with Crippen LogP contribution in [-0.4, -0.2) is 75.6 Å². The molecule has 10 nitrogen and oxygen atoms in total. The third-order valence-electron chi connectivity index (χ3n) is 6.65. The number of hydrogen-bond acceptors (Lipinski definition) is 5. The maximum Gasteiger partial charge on any atom is 0.177 e. The second-order valence-corrected chi connectivity index (χ2v) is 11.1. The van der Waals surface area contributed by atoms with Crippen molar-refractivity contribution in [3.8, 4) is 17.1 Å². The standard InChI is InChI=1S/C28H41N9O/c1-18(2)32-26(33-19(3)30)23-16-36-13-14-38-24-15-20(7-8-22(24)27(36)35-23)25(31-17-29)34-21-9-11-37(12-10-21)28(4,5)6/h7-8,15-18,21H,9-14H2,1-6H3,(H2,29,31,34)(H2,30,32,33). The number of hydrogen-bond donors (Lipinski definition) is 2. The number of nitrogens with zero attached hydrogens (tertiary/aromatic N) is 7. The lowest BCUT2D eigenvalue weighted by Crippen LogP contribution is -2.47. The molecule has 0 spiro atoms. The fraction of sp³-hybridized carbons (Fsp3) is 0.536. The van der Waals surface area contributed by atoms with Gasteiger partial charge in [0.25, 0.3) is 0 Å². The first-order valence-corrected chi connectivity index (χ1v) is 13.4. The first-order valence-electron chi connectivity index (χ1n) is 13.4. The Morgan fingerprint density at radius 3 is 2.53 bits per heavy atom. The summed E-state index contributed by atoms with van der Waals surface area (Å²) in [6.45, 7) is 15.7. The van der Waals surface area contributed by atoms with Gasteiger partial charge in [-0.2, -0.15) is 0 Å². The van der Waals surface area contributed by atoms with Gasteiger partial charge in [-0.05, 0) is 66.5 Å². The second kappa shape index (κ2) is 11.5. The Bertz CT molecular complexity index is 1250. The summed E-state index contributed by atoms with van der Waals surface area (Å²) in [7, 11) is 0. The van der Waals surface area contributed by atoms with Gasteiger partial charge < -0.3 is 20.8 Å². The number of ether oxygens (including phenoxy) is 1. The maximum atomic E-state index is 6.15. The lowest BCUT2D eigenvalue weighted by molar-refractivity contribution is 0.103. The van der Waals surface area contributed by atoms with Crippen LogP contribution in [0.5, 0.6) is 5.75 Å². The van der Waals surface area contributed by atoms with Crippen molar-refractivity contribution in [1.82, 2.24) is 14.5 Å². The second-order valence-electron chi connectivity index (χ2n) is 11.1. The molecular formula is C28H41N9O. The molecule has 0 unspecified atom stereocenters. The number of aliphatic imine (C=N–C) groups is 4. The number of amidine groups is 3. The molecule has 0 saturated carbocycles. The lowest BCUT2D eigenvalue weighted by atomic mass is 9.98. The first kappa shape index (κ1) is 27.5. The number of nitrogens with two attached hydrogens (primary N) is 2. The fourth-order valence-corrected chi connectivity index (χ4v) is 4.78. The number of piperidine rings is 1. The maximum absolute atomic E-state index is 6.15. The van der Waals surface area contributed by atoms with Gasteiger partial charge in [0, 0.05) is 36.4 Å². The zero-order valence-corrected chi connectivity index (χ0v) is 23.5. The van der Waals surface area contributed by atoms with Crippen molar-refractivity contribution < 1.29 is 4.74 Å². The summed E-state index contributed by atoms with van der Waals surface area (Å²) in [4.78, 5) is 25.9. The molecular weight excluding hydrogens is 478 g/mol. The van der Waals surface area contributed by atoms with E-state index in [9.17, 15) is 0 Å². The predicted molar refractivity (Wildman–Crippen MR) is 156 cm³/mol. The molecule has 1 saturated heterocycles. The highest BCUT2D eigenvalue weighted by molar-refractivity contribution is 6.05. The Morgan fingerprint density at radius 1 is 1.16 bits per heavy atom. The highest BCUT2D eigenvalue weighted by Crippen LogP contribution is 2.33. The third kappa shape index (κ3) is 6.48. The fourth-order valence-electron chi connectivity index (χ4n) is 4.78. The van der Waals surface area contributed by atoms with Crippen LogP contribution in [0.2, 0.25) is 0 Å². The molecule has 0 atom stereocenters. The molecule has 4 rings (SSSR count). The van der Waals surface area contributed by atoms with Crippen LogP contribution in [-0.2, 0) is 6.54 Å². The summed E-state index contributed by atoms with van der Waals surface area (Å²) >= 11 is 0. The number of benzene rings is 1. The Balaban J connectivity index is 1.65.